The van der Waals surface area contributed by atoms with Gasteiger partial charge in [0.2, 0.25) is 0 Å². The molecule has 4 N–H and O–H groups in total. The van der Waals surface area contributed by atoms with Crippen LogP contribution >= 0.6 is 11.3 Å². The van der Waals surface area contributed by atoms with E-state index in [-0.39, 0.29) is 0 Å². The summed E-state index contributed by atoms with van der Waals surface area (Å²) in [5.41, 5.74) is 14.9. The molecule has 0 saturated heterocycles. The summed E-state index contributed by atoms with van der Waals surface area (Å²) in [6.07, 6.45) is 6.61. The van der Waals surface area contributed by atoms with Crippen molar-refractivity contribution in [1.82, 2.24) is 9.97 Å². The van der Waals surface area contributed by atoms with Crippen molar-refractivity contribution in [3.8, 4) is 0 Å². The zero-order chi connectivity index (χ0) is 16.2. The van der Waals surface area contributed by atoms with Gasteiger partial charge in [-0.15, -0.1) is 11.3 Å². The first kappa shape index (κ1) is 16.1. The highest BCUT2D eigenvalue weighted by Crippen LogP contribution is 2.33. The van der Waals surface area contributed by atoms with Crippen molar-refractivity contribution in [2.45, 2.75) is 45.4 Å². The largest absolute Gasteiger partial charge is 0.382 e. The summed E-state index contributed by atoms with van der Waals surface area (Å²) in [5, 5.41) is 2.31. The number of hydrogen-bond acceptors (Lipinski definition) is 5. The third-order valence-electron chi connectivity index (χ3n) is 4.10. The molecule has 2 heterocycles. The quantitative estimate of drug-likeness (QED) is 0.641. The van der Waals surface area contributed by atoms with Crippen LogP contribution in [0.3, 0.4) is 0 Å². The number of aromatic nitrogens is 2. The Balaban J connectivity index is 1.94. The predicted molar refractivity (Wildman–Crippen MR) is 99.9 cm³/mol. The summed E-state index contributed by atoms with van der Waals surface area (Å²) in [7, 11) is 0. The molecule has 0 amide bonds. The van der Waals surface area contributed by atoms with Crippen molar-refractivity contribution in [2.75, 3.05) is 12.3 Å². The number of hydrogen-bond donors (Lipinski definition) is 2. The van der Waals surface area contributed by atoms with Gasteiger partial charge in [0.1, 0.15) is 5.52 Å². The van der Waals surface area contributed by atoms with Crippen molar-refractivity contribution in [3.05, 3.63) is 28.8 Å². The maximum atomic E-state index is 6.14. The fourth-order valence-electron chi connectivity index (χ4n) is 2.89. The Labute approximate surface area is 140 Å². The van der Waals surface area contributed by atoms with E-state index in [1.807, 2.05) is 0 Å². The summed E-state index contributed by atoms with van der Waals surface area (Å²) in [5.74, 6) is 0.548. The molecule has 4 nitrogen and oxygen atoms in total. The summed E-state index contributed by atoms with van der Waals surface area (Å²) in [6, 6.07) is 6.56. The molecule has 0 fully saturated rings. The Morgan fingerprint density at radius 3 is 2.74 bits per heavy atom. The Morgan fingerprint density at radius 2 is 1.96 bits per heavy atom. The van der Waals surface area contributed by atoms with Crippen LogP contribution in [0.1, 0.15) is 43.2 Å². The number of fused-ring (bicyclic) bond motifs is 3. The second-order valence-electron chi connectivity index (χ2n) is 5.98. The second kappa shape index (κ2) is 7.23. The van der Waals surface area contributed by atoms with Gasteiger partial charge in [0, 0.05) is 5.39 Å². The third kappa shape index (κ3) is 3.46. The molecule has 0 aliphatic carbocycles. The van der Waals surface area contributed by atoms with Crippen LogP contribution in [0.15, 0.2) is 18.2 Å². The van der Waals surface area contributed by atoms with Crippen LogP contribution < -0.4 is 11.5 Å². The molecule has 0 saturated carbocycles. The Morgan fingerprint density at radius 1 is 1.09 bits per heavy atom. The topological polar surface area (TPSA) is 77.8 Å². The van der Waals surface area contributed by atoms with Crippen LogP contribution in [0.25, 0.3) is 21.1 Å². The van der Waals surface area contributed by atoms with Crippen molar-refractivity contribution >= 4 is 38.3 Å². The molecule has 0 aliphatic heterocycles. The minimum atomic E-state index is 0.548. The van der Waals surface area contributed by atoms with Gasteiger partial charge in [-0.1, -0.05) is 25.5 Å². The fourth-order valence-corrected chi connectivity index (χ4v) is 4.10. The number of nitrogens with two attached hydrogens (primary N) is 2. The molecule has 3 rings (SSSR count). The molecule has 2 aromatic heterocycles. The number of thiazole rings is 1. The zero-order valence-electron chi connectivity index (χ0n) is 13.6. The van der Waals surface area contributed by atoms with E-state index in [0.29, 0.717) is 5.82 Å². The van der Waals surface area contributed by atoms with Gasteiger partial charge in [-0.25, -0.2) is 9.97 Å². The lowest BCUT2D eigenvalue weighted by atomic mass is 10.0. The molecule has 0 radical (unpaired) electrons. The van der Waals surface area contributed by atoms with Crippen LogP contribution in [0, 0.1) is 0 Å². The number of benzene rings is 1. The smallest absolute Gasteiger partial charge is 0.151 e. The summed E-state index contributed by atoms with van der Waals surface area (Å²) < 4.78 is 1.17. The van der Waals surface area contributed by atoms with Crippen LogP contribution in [-0.2, 0) is 12.8 Å². The summed E-state index contributed by atoms with van der Waals surface area (Å²) in [6.45, 7) is 2.95. The Kier molecular flexibility index (Phi) is 5.08. The second-order valence-corrected chi connectivity index (χ2v) is 7.07. The van der Waals surface area contributed by atoms with E-state index >= 15 is 0 Å². The van der Waals surface area contributed by atoms with Crippen LogP contribution in [-0.4, -0.2) is 16.5 Å². The van der Waals surface area contributed by atoms with E-state index < -0.39 is 0 Å². The Bertz CT molecular complexity index is 809. The highest BCUT2D eigenvalue weighted by Gasteiger charge is 2.12. The van der Waals surface area contributed by atoms with Crippen molar-refractivity contribution < 1.29 is 0 Å². The van der Waals surface area contributed by atoms with Crippen molar-refractivity contribution in [3.63, 3.8) is 0 Å². The van der Waals surface area contributed by atoms with Gasteiger partial charge in [0.15, 0.2) is 5.82 Å². The monoisotopic (exact) mass is 328 g/mol. The highest BCUT2D eigenvalue weighted by atomic mass is 32.1. The van der Waals surface area contributed by atoms with Gasteiger partial charge in [0.05, 0.1) is 15.2 Å². The first-order chi connectivity index (χ1) is 11.2. The SMILES string of the molecule is CCCc1nc2c(N)nc3cc(CCCCCN)ccc3c2s1. The standard InChI is InChI=1S/C18H24N4S/c1-2-6-15-22-16-17(23-15)13-9-8-12(7-4-3-5-10-19)11-14(13)21-18(16)20/h8-9,11H,2-7,10,19H2,1H3,(H2,20,21). The summed E-state index contributed by atoms with van der Waals surface area (Å²) >= 11 is 1.75. The van der Waals surface area contributed by atoms with Gasteiger partial charge in [0.25, 0.3) is 0 Å². The van der Waals surface area contributed by atoms with Gasteiger partial charge in [-0.05, 0) is 50.3 Å². The number of nitrogens with zero attached hydrogens (tertiary/aromatic N) is 2. The first-order valence-corrected chi connectivity index (χ1v) is 9.22. The number of pyridine rings is 1. The third-order valence-corrected chi connectivity index (χ3v) is 5.24. The van der Waals surface area contributed by atoms with Crippen LogP contribution in [0.4, 0.5) is 5.82 Å². The number of anilines is 1. The highest BCUT2D eigenvalue weighted by molar-refractivity contribution is 7.19. The lowest BCUT2D eigenvalue weighted by Crippen LogP contribution is -1.98. The van der Waals surface area contributed by atoms with Crippen molar-refractivity contribution in [2.24, 2.45) is 5.73 Å². The van der Waals surface area contributed by atoms with Crippen LogP contribution in [0.5, 0.6) is 0 Å². The van der Waals surface area contributed by atoms with E-state index in [2.05, 4.69) is 35.1 Å². The zero-order valence-corrected chi connectivity index (χ0v) is 14.5. The predicted octanol–water partition coefficient (Wildman–Crippen LogP) is 4.05. The van der Waals surface area contributed by atoms with E-state index in [1.54, 1.807) is 11.3 Å². The summed E-state index contributed by atoms with van der Waals surface area (Å²) in [4.78, 5) is 9.25. The minimum absolute atomic E-state index is 0.548. The molecular formula is C18H24N4S. The average Bonchev–Trinajstić information content (AvgIpc) is 2.96. The molecule has 0 unspecified atom stereocenters. The molecule has 3 aromatic rings. The molecule has 5 heteroatoms. The van der Waals surface area contributed by atoms with E-state index in [0.717, 1.165) is 48.3 Å². The van der Waals surface area contributed by atoms with E-state index in [4.69, 9.17) is 11.5 Å². The number of unbranched alkanes of at least 4 members (excludes halogenated alkanes) is 2. The van der Waals surface area contributed by atoms with Gasteiger partial charge >= 0.3 is 0 Å². The maximum absolute atomic E-state index is 6.14. The molecule has 0 bridgehead atoms. The minimum Gasteiger partial charge on any atom is -0.382 e. The molecule has 0 atom stereocenters. The average molecular weight is 328 g/mol. The van der Waals surface area contributed by atoms with Crippen LogP contribution in [0.2, 0.25) is 0 Å². The molecule has 1 aromatic carbocycles. The lowest BCUT2D eigenvalue weighted by molar-refractivity contribution is 0.687. The van der Waals surface area contributed by atoms with Gasteiger partial charge in [-0.2, -0.15) is 0 Å². The fraction of sp³-hybridized carbons (Fsp3) is 0.444. The van der Waals surface area contributed by atoms with E-state index in [9.17, 15) is 0 Å². The molecule has 122 valence electrons. The van der Waals surface area contributed by atoms with Gasteiger partial charge in [-0.3, -0.25) is 0 Å². The maximum Gasteiger partial charge on any atom is 0.151 e. The number of rotatable bonds is 7. The first-order valence-electron chi connectivity index (χ1n) is 8.40. The molecule has 23 heavy (non-hydrogen) atoms. The molecule has 0 aliphatic rings. The normalized spacial score (nSPS) is 11.6. The lowest BCUT2D eigenvalue weighted by Gasteiger charge is -2.05. The molecular weight excluding hydrogens is 304 g/mol. The van der Waals surface area contributed by atoms with Crippen molar-refractivity contribution in [1.29, 1.82) is 0 Å². The number of nitrogen functional groups attached to an aromatic ring is 1. The Hall–Kier alpha value is -1.72. The van der Waals surface area contributed by atoms with Gasteiger partial charge < -0.3 is 11.5 Å². The van der Waals surface area contributed by atoms with E-state index in [1.165, 1.54) is 28.5 Å². The number of aryl methyl sites for hydroxylation is 2. The molecule has 0 spiro atoms.